The SMILES string of the molecule is C1CCOC1.C=C1C(=CCO)CC(O[Si](C)(C)C(C)(C)C)C[C@@H]1F.C=C1[C@@H](F)CC(O[Si](C)(C)C(C)(C)C)C[C@]12O[C@@H]2COC(=O)c1ccccc1. The van der Waals surface area contributed by atoms with Crippen molar-refractivity contribution in [3.05, 3.63) is 71.8 Å². The summed E-state index contributed by atoms with van der Waals surface area (Å²) in [6, 6.07) is 8.81. The molecule has 2 heterocycles. The Morgan fingerprint density at radius 1 is 0.923 bits per heavy atom. The largest absolute Gasteiger partial charge is 0.459 e. The third-order valence-electron chi connectivity index (χ3n) is 11.5. The van der Waals surface area contributed by atoms with Crippen LogP contribution in [0.2, 0.25) is 36.3 Å². The van der Waals surface area contributed by atoms with Crippen LogP contribution in [0.15, 0.2) is 66.3 Å². The van der Waals surface area contributed by atoms with Gasteiger partial charge in [-0.1, -0.05) is 79.0 Å². The molecule has 2 aliphatic heterocycles. The predicted molar refractivity (Wildman–Crippen MR) is 210 cm³/mol. The first-order valence-electron chi connectivity index (χ1n) is 18.8. The fourth-order valence-corrected chi connectivity index (χ4v) is 8.82. The minimum Gasteiger partial charge on any atom is -0.459 e. The lowest BCUT2D eigenvalue weighted by molar-refractivity contribution is 0.0476. The lowest BCUT2D eigenvalue weighted by Crippen LogP contribution is -2.48. The fraction of sp³-hybridized carbons (Fsp3) is 0.683. The smallest absolute Gasteiger partial charge is 0.338 e. The van der Waals surface area contributed by atoms with Crippen molar-refractivity contribution in [2.24, 2.45) is 0 Å². The minimum atomic E-state index is -2.02. The van der Waals surface area contributed by atoms with Gasteiger partial charge in [0.2, 0.25) is 0 Å². The van der Waals surface area contributed by atoms with Crippen LogP contribution in [0.1, 0.15) is 90.4 Å². The number of allylic oxidation sites excluding steroid dienone is 1. The number of aliphatic hydroxyl groups is 1. The number of alkyl halides is 2. The van der Waals surface area contributed by atoms with Crippen LogP contribution in [0.3, 0.4) is 0 Å². The molecule has 1 aromatic carbocycles. The van der Waals surface area contributed by atoms with E-state index in [0.717, 1.165) is 18.8 Å². The predicted octanol–water partition coefficient (Wildman–Crippen LogP) is 9.84. The van der Waals surface area contributed by atoms with E-state index < -0.39 is 40.5 Å². The van der Waals surface area contributed by atoms with E-state index in [-0.39, 0.29) is 41.6 Å². The Morgan fingerprint density at radius 2 is 1.46 bits per heavy atom. The quantitative estimate of drug-likeness (QED) is 0.122. The summed E-state index contributed by atoms with van der Waals surface area (Å²) in [5.74, 6) is -0.404. The van der Waals surface area contributed by atoms with Gasteiger partial charge in [-0.2, -0.15) is 0 Å². The first-order chi connectivity index (χ1) is 24.0. The van der Waals surface area contributed by atoms with E-state index in [1.54, 1.807) is 30.3 Å². The maximum Gasteiger partial charge on any atom is 0.338 e. The molecule has 1 N–H and O–H groups in total. The second-order valence-corrected chi connectivity index (χ2v) is 27.1. The monoisotopic (exact) mass is 764 g/mol. The van der Waals surface area contributed by atoms with Crippen molar-refractivity contribution in [3.8, 4) is 0 Å². The molecule has 1 spiro atoms. The van der Waals surface area contributed by atoms with Crippen LogP contribution in [-0.4, -0.2) is 90.4 Å². The second kappa shape index (κ2) is 18.1. The molecule has 2 aliphatic carbocycles. The van der Waals surface area contributed by atoms with Crippen molar-refractivity contribution in [1.82, 2.24) is 0 Å². The molecule has 2 saturated heterocycles. The van der Waals surface area contributed by atoms with Crippen molar-refractivity contribution < 1.29 is 41.7 Å². The fourth-order valence-electron chi connectivity index (χ4n) is 6.09. The minimum absolute atomic E-state index is 0.0510. The molecule has 1 aromatic rings. The van der Waals surface area contributed by atoms with Gasteiger partial charge in [0, 0.05) is 32.5 Å². The molecule has 4 aliphatic rings. The number of benzene rings is 1. The van der Waals surface area contributed by atoms with E-state index in [0.29, 0.717) is 42.4 Å². The summed E-state index contributed by atoms with van der Waals surface area (Å²) < 4.78 is 57.6. The van der Waals surface area contributed by atoms with Crippen LogP contribution in [0.25, 0.3) is 0 Å². The Labute approximate surface area is 314 Å². The van der Waals surface area contributed by atoms with Crippen molar-refractivity contribution >= 4 is 22.6 Å². The number of epoxide rings is 1. The van der Waals surface area contributed by atoms with Crippen molar-refractivity contribution in [2.75, 3.05) is 26.4 Å². The summed E-state index contributed by atoms with van der Waals surface area (Å²) >= 11 is 0. The Kier molecular flexibility index (Phi) is 15.4. The van der Waals surface area contributed by atoms with Crippen LogP contribution in [0.4, 0.5) is 8.78 Å². The second-order valence-electron chi connectivity index (χ2n) is 17.6. The number of esters is 1. The molecule has 2 saturated carbocycles. The van der Waals surface area contributed by atoms with Gasteiger partial charge in [0.05, 0.1) is 24.4 Å². The van der Waals surface area contributed by atoms with Gasteiger partial charge < -0.3 is 28.2 Å². The number of aliphatic hydroxyl groups excluding tert-OH is 1. The Morgan fingerprint density at radius 3 is 1.96 bits per heavy atom. The van der Waals surface area contributed by atoms with E-state index >= 15 is 0 Å². The van der Waals surface area contributed by atoms with E-state index in [2.05, 4.69) is 80.9 Å². The summed E-state index contributed by atoms with van der Waals surface area (Å²) in [5.41, 5.74) is 1.47. The number of rotatable bonds is 8. The number of carbonyl (C=O) groups is 1. The molecule has 2 unspecified atom stereocenters. The standard InChI is InChI=1S/C22H31FO4Si.C15H27FO2Si.C4H8O/c1-15-18(23)12-17(27-28(5,6)21(2,3)4)13-22(15)19(26-22)14-25-20(24)16-10-8-7-9-11-16;1-11-12(7-8-17)9-13(10-14(11)16)18-19(5,6)15(2,3)4;1-2-4-5-3-1/h7-11,17-19H,1,12-14H2,2-6H3;7,13-14,17H,1,8-10H2,2-6H3;1-4H2/t17?,18-,19+,22-;13?,14-;/m00./s1. The highest BCUT2D eigenvalue weighted by molar-refractivity contribution is 6.74. The third kappa shape index (κ3) is 11.8. The average Bonchev–Trinajstić information content (AvgIpc) is 3.39. The van der Waals surface area contributed by atoms with Crippen LogP contribution >= 0.6 is 0 Å². The van der Waals surface area contributed by atoms with Gasteiger partial charge >= 0.3 is 5.97 Å². The molecule has 294 valence electrons. The molecule has 5 rings (SSSR count). The average molecular weight is 765 g/mol. The Hall–Kier alpha value is -2.00. The van der Waals surface area contributed by atoms with Crippen molar-refractivity contribution in [3.63, 3.8) is 0 Å². The molecule has 11 heteroatoms. The zero-order chi connectivity index (χ0) is 39.1. The van der Waals surface area contributed by atoms with Crippen molar-refractivity contribution in [2.45, 2.75) is 153 Å². The van der Waals surface area contributed by atoms with Crippen LogP contribution in [0, 0.1) is 0 Å². The number of carbonyl (C=O) groups excluding carboxylic acids is 1. The summed E-state index contributed by atoms with van der Waals surface area (Å²) in [5, 5.41) is 9.17. The molecule has 4 fully saturated rings. The van der Waals surface area contributed by atoms with Gasteiger partial charge in [0.1, 0.15) is 30.7 Å². The highest BCUT2D eigenvalue weighted by Gasteiger charge is 2.64. The van der Waals surface area contributed by atoms with Crippen molar-refractivity contribution in [1.29, 1.82) is 0 Å². The van der Waals surface area contributed by atoms with Crippen LogP contribution in [0.5, 0.6) is 0 Å². The zero-order valence-corrected chi connectivity index (χ0v) is 35.5. The van der Waals surface area contributed by atoms with Gasteiger partial charge in [0.15, 0.2) is 16.6 Å². The molecule has 0 bridgehead atoms. The highest BCUT2D eigenvalue weighted by Crippen LogP contribution is 2.53. The van der Waals surface area contributed by atoms with Gasteiger partial charge in [-0.3, -0.25) is 0 Å². The van der Waals surface area contributed by atoms with E-state index in [9.17, 15) is 13.6 Å². The van der Waals surface area contributed by atoms with Gasteiger partial charge in [-0.25, -0.2) is 13.6 Å². The van der Waals surface area contributed by atoms with E-state index in [1.807, 2.05) is 6.07 Å². The number of ether oxygens (including phenoxy) is 3. The van der Waals surface area contributed by atoms with Gasteiger partial charge in [-0.15, -0.1) is 0 Å². The molecule has 6 atom stereocenters. The lowest BCUT2D eigenvalue weighted by Gasteiger charge is -2.42. The molecule has 52 heavy (non-hydrogen) atoms. The molecule has 7 nitrogen and oxygen atoms in total. The summed E-state index contributed by atoms with van der Waals surface area (Å²) in [4.78, 5) is 12.2. The number of halogens is 2. The summed E-state index contributed by atoms with van der Waals surface area (Å²) in [7, 11) is -3.90. The number of hydrogen-bond acceptors (Lipinski definition) is 7. The maximum absolute atomic E-state index is 14.7. The van der Waals surface area contributed by atoms with Gasteiger partial charge in [0.25, 0.3) is 0 Å². The first kappa shape index (κ1) is 44.4. The van der Waals surface area contributed by atoms with Gasteiger partial charge in [-0.05, 0) is 84.4 Å². The van der Waals surface area contributed by atoms with Crippen LogP contribution < -0.4 is 0 Å². The molecule has 0 radical (unpaired) electrons. The highest BCUT2D eigenvalue weighted by atomic mass is 28.4. The maximum atomic E-state index is 14.7. The lowest BCUT2D eigenvalue weighted by atomic mass is 9.80. The molecular formula is C41H66F2O7Si2. The third-order valence-corrected chi connectivity index (χ3v) is 20.6. The normalized spacial score (nSPS) is 28.9. The van der Waals surface area contributed by atoms with Crippen LogP contribution in [-0.2, 0) is 23.1 Å². The molecule has 0 amide bonds. The summed E-state index contributed by atoms with van der Waals surface area (Å²) in [6.45, 7) is 31.5. The number of hydrogen-bond donors (Lipinski definition) is 1. The summed E-state index contributed by atoms with van der Waals surface area (Å²) in [6.07, 6.45) is 3.22. The van der Waals surface area contributed by atoms with E-state index in [4.69, 9.17) is 28.2 Å². The van der Waals surface area contributed by atoms with E-state index in [1.165, 1.54) is 12.8 Å². The molecular weight excluding hydrogens is 699 g/mol. The molecule has 0 aromatic heterocycles. The Bertz CT molecular complexity index is 1370. The topological polar surface area (TPSA) is 86.8 Å². The zero-order valence-electron chi connectivity index (χ0n) is 33.5. The first-order valence-corrected chi connectivity index (χ1v) is 24.7. The Balaban J connectivity index is 0.000000261.